The number of para-hydroxylation sites is 1. The molecular weight excluding hydrogens is 534 g/mol. The minimum absolute atomic E-state index is 0.0115. The van der Waals surface area contributed by atoms with Gasteiger partial charge in [-0.3, -0.25) is 4.79 Å². The third kappa shape index (κ3) is 4.79. The van der Waals surface area contributed by atoms with Crippen LogP contribution in [0, 0.1) is 6.92 Å². The zero-order valence-corrected chi connectivity index (χ0v) is 22.7. The Bertz CT molecular complexity index is 1660. The van der Waals surface area contributed by atoms with Gasteiger partial charge in [0.15, 0.2) is 27.6 Å². The lowest BCUT2D eigenvalue weighted by atomic mass is 9.96. The summed E-state index contributed by atoms with van der Waals surface area (Å²) in [5.41, 5.74) is 2.40. The molecule has 0 bridgehead atoms. The Morgan fingerprint density at radius 3 is 2.49 bits per heavy atom. The van der Waals surface area contributed by atoms with E-state index in [9.17, 15) is 14.7 Å². The highest BCUT2D eigenvalue weighted by molar-refractivity contribution is 7.22. The summed E-state index contributed by atoms with van der Waals surface area (Å²) in [6.45, 7) is 2.82. The average molecular weight is 558 g/mol. The van der Waals surface area contributed by atoms with E-state index in [4.69, 9.17) is 0 Å². The van der Waals surface area contributed by atoms with Crippen LogP contribution in [-0.2, 0) is 0 Å². The van der Waals surface area contributed by atoms with Gasteiger partial charge in [0.2, 0.25) is 0 Å². The number of carbonyl (C=O) groups excluding carboxylic acids is 1. The minimum atomic E-state index is -1.09. The number of aromatic carboxylic acids is 1. The fourth-order valence-electron chi connectivity index (χ4n) is 4.35. The van der Waals surface area contributed by atoms with E-state index in [1.54, 1.807) is 29.0 Å². The van der Waals surface area contributed by atoms with Crippen LogP contribution >= 0.6 is 22.7 Å². The third-order valence-corrected chi connectivity index (χ3v) is 8.77. The largest absolute Gasteiger partial charge is 0.476 e. The smallest absolute Gasteiger partial charge is 0.355 e. The molecule has 6 rings (SSSR count). The average Bonchev–Trinajstić information content (AvgIpc) is 3.53. The summed E-state index contributed by atoms with van der Waals surface area (Å²) >= 11 is 2.84. The number of aryl methyl sites for hydroxylation is 1. The number of carbonyl (C=O) groups is 2. The van der Waals surface area contributed by atoms with Crippen LogP contribution in [0.5, 0.6) is 0 Å². The summed E-state index contributed by atoms with van der Waals surface area (Å²) in [5, 5.41) is 23.0. The van der Waals surface area contributed by atoms with Crippen LogP contribution in [-0.4, -0.2) is 62.2 Å². The van der Waals surface area contributed by atoms with Gasteiger partial charge in [0.1, 0.15) is 0 Å². The van der Waals surface area contributed by atoms with Gasteiger partial charge in [-0.05, 0) is 42.8 Å². The lowest BCUT2D eigenvalue weighted by Crippen LogP contribution is -2.48. The number of carboxylic acids is 1. The van der Waals surface area contributed by atoms with Crippen molar-refractivity contribution in [2.24, 2.45) is 0 Å². The molecule has 3 aromatic heterocycles. The molecule has 1 amide bonds. The molecule has 1 fully saturated rings. The number of fused-ring (bicyclic) bond motifs is 1. The van der Waals surface area contributed by atoms with Crippen molar-refractivity contribution in [1.29, 1.82) is 0 Å². The van der Waals surface area contributed by atoms with E-state index >= 15 is 0 Å². The summed E-state index contributed by atoms with van der Waals surface area (Å²) in [5.74, 6) is -0.108. The second kappa shape index (κ2) is 10.0. The third-order valence-electron chi connectivity index (χ3n) is 6.53. The zero-order chi connectivity index (χ0) is 27.1. The van der Waals surface area contributed by atoms with Gasteiger partial charge in [0, 0.05) is 36.5 Å². The number of amides is 1. The Hall–Kier alpha value is -4.42. The Morgan fingerprint density at radius 1 is 1.03 bits per heavy atom. The normalized spacial score (nSPS) is 13.3. The molecule has 1 aliphatic heterocycles. The molecule has 39 heavy (non-hydrogen) atoms. The molecule has 12 heteroatoms. The quantitative estimate of drug-likeness (QED) is 0.274. The van der Waals surface area contributed by atoms with Crippen LogP contribution in [0.3, 0.4) is 0 Å². The molecular formula is C27H23N7O3S2. The molecule has 1 aliphatic rings. The summed E-state index contributed by atoms with van der Waals surface area (Å²) in [4.78, 5) is 37.8. The van der Waals surface area contributed by atoms with Crippen LogP contribution in [0.25, 0.3) is 10.2 Å². The maximum atomic E-state index is 12.7. The van der Waals surface area contributed by atoms with Crippen LogP contribution in [0.15, 0.2) is 60.7 Å². The molecule has 0 radical (unpaired) electrons. The monoisotopic (exact) mass is 557 g/mol. The standard InChI is InChI=1S/C27H23N7O3S2/c1-15-12-20(31-32-23(15)30-26-28-18-10-6-7-11-19(18)38-26)33(2)27-29-21(25(36)37)22(39-27)17-13-34(14-17)24(35)16-8-4-3-5-9-16/h3-12,17H,13-14H2,1-2H3,(H,36,37)(H,28,30,32). The molecule has 0 atom stereocenters. The van der Waals surface area contributed by atoms with E-state index < -0.39 is 5.97 Å². The molecule has 2 aromatic carbocycles. The molecule has 1 saturated heterocycles. The van der Waals surface area contributed by atoms with Gasteiger partial charge in [-0.2, -0.15) is 0 Å². The number of rotatable bonds is 7. The first-order chi connectivity index (χ1) is 18.9. The maximum absolute atomic E-state index is 12.7. The Morgan fingerprint density at radius 2 is 1.77 bits per heavy atom. The SMILES string of the molecule is Cc1cc(N(C)c2nc(C(=O)O)c(C3CN(C(=O)c4ccccc4)C3)s2)nnc1Nc1nc2ccccc2s1. The predicted octanol–water partition coefficient (Wildman–Crippen LogP) is 5.30. The Kier molecular flexibility index (Phi) is 6.41. The van der Waals surface area contributed by atoms with Crippen LogP contribution in [0.1, 0.15) is 37.2 Å². The number of nitrogens with zero attached hydrogens (tertiary/aromatic N) is 6. The van der Waals surface area contributed by atoms with Crippen LogP contribution in [0.2, 0.25) is 0 Å². The summed E-state index contributed by atoms with van der Waals surface area (Å²) in [6, 6.07) is 18.9. The lowest BCUT2D eigenvalue weighted by Gasteiger charge is -2.38. The van der Waals surface area contributed by atoms with Gasteiger partial charge in [-0.25, -0.2) is 14.8 Å². The Balaban J connectivity index is 1.18. The van der Waals surface area contributed by atoms with Gasteiger partial charge < -0.3 is 20.2 Å². The predicted molar refractivity (Wildman–Crippen MR) is 152 cm³/mol. The van der Waals surface area contributed by atoms with Crippen molar-refractivity contribution in [2.75, 3.05) is 30.4 Å². The first-order valence-corrected chi connectivity index (χ1v) is 13.8. The number of nitrogens with one attached hydrogen (secondary N) is 1. The fourth-order valence-corrected chi connectivity index (χ4v) is 6.32. The zero-order valence-electron chi connectivity index (χ0n) is 21.0. The van der Waals surface area contributed by atoms with E-state index in [0.717, 1.165) is 20.9 Å². The number of benzene rings is 2. The Labute approximate surface area is 231 Å². The van der Waals surface area contributed by atoms with Gasteiger partial charge in [-0.1, -0.05) is 41.7 Å². The van der Waals surface area contributed by atoms with Crippen molar-refractivity contribution < 1.29 is 14.7 Å². The summed E-state index contributed by atoms with van der Waals surface area (Å²) in [6.07, 6.45) is 0. The van der Waals surface area contributed by atoms with Gasteiger partial charge in [0.05, 0.1) is 10.2 Å². The maximum Gasteiger partial charge on any atom is 0.355 e. The molecule has 4 heterocycles. The van der Waals surface area contributed by atoms with E-state index in [2.05, 4.69) is 25.5 Å². The second-order valence-corrected chi connectivity index (χ2v) is 11.2. The van der Waals surface area contributed by atoms with Crippen molar-refractivity contribution in [2.45, 2.75) is 12.8 Å². The molecule has 196 valence electrons. The summed E-state index contributed by atoms with van der Waals surface area (Å²) < 4.78 is 1.08. The number of aromatic nitrogens is 4. The fraction of sp³-hybridized carbons (Fsp3) is 0.185. The number of likely N-dealkylation sites (tertiary alicyclic amines) is 1. The van der Waals surface area contributed by atoms with Crippen LogP contribution in [0.4, 0.5) is 21.9 Å². The number of anilines is 4. The second-order valence-electron chi connectivity index (χ2n) is 9.19. The molecule has 10 nitrogen and oxygen atoms in total. The number of thiazole rings is 2. The number of hydrogen-bond acceptors (Lipinski definition) is 10. The first-order valence-electron chi connectivity index (χ1n) is 12.2. The van der Waals surface area contributed by atoms with Gasteiger partial charge in [-0.15, -0.1) is 21.5 Å². The first kappa shape index (κ1) is 24.9. The van der Waals surface area contributed by atoms with Crippen molar-refractivity contribution in [3.8, 4) is 0 Å². The molecule has 0 saturated carbocycles. The van der Waals surface area contributed by atoms with Crippen molar-refractivity contribution >= 4 is 66.7 Å². The van der Waals surface area contributed by atoms with E-state index in [0.29, 0.717) is 40.3 Å². The number of hydrogen-bond donors (Lipinski definition) is 2. The highest BCUT2D eigenvalue weighted by Gasteiger charge is 2.37. The topological polar surface area (TPSA) is 124 Å². The van der Waals surface area contributed by atoms with E-state index in [-0.39, 0.29) is 17.5 Å². The molecule has 5 aromatic rings. The van der Waals surface area contributed by atoms with Gasteiger partial charge >= 0.3 is 5.97 Å². The summed E-state index contributed by atoms with van der Waals surface area (Å²) in [7, 11) is 1.78. The van der Waals surface area contributed by atoms with E-state index in [1.807, 2.05) is 55.5 Å². The minimum Gasteiger partial charge on any atom is -0.476 e. The molecule has 0 spiro atoms. The van der Waals surface area contributed by atoms with Crippen molar-refractivity contribution in [3.63, 3.8) is 0 Å². The number of carboxylic acid groups (broad SMARTS) is 1. The van der Waals surface area contributed by atoms with Crippen molar-refractivity contribution in [1.82, 2.24) is 25.1 Å². The highest BCUT2D eigenvalue weighted by atomic mass is 32.1. The van der Waals surface area contributed by atoms with E-state index in [1.165, 1.54) is 22.7 Å². The lowest BCUT2D eigenvalue weighted by molar-refractivity contribution is 0.0601. The van der Waals surface area contributed by atoms with Crippen molar-refractivity contribution in [3.05, 3.63) is 82.4 Å². The molecule has 0 unspecified atom stereocenters. The van der Waals surface area contributed by atoms with Gasteiger partial charge in [0.25, 0.3) is 5.91 Å². The highest BCUT2D eigenvalue weighted by Crippen LogP contribution is 2.39. The molecule has 0 aliphatic carbocycles. The molecule has 2 N–H and O–H groups in total. The van der Waals surface area contributed by atoms with Crippen LogP contribution < -0.4 is 10.2 Å².